The van der Waals surface area contributed by atoms with Crippen LogP contribution in [0.4, 0.5) is 4.79 Å². The third-order valence-electron chi connectivity index (χ3n) is 4.42. The summed E-state index contributed by atoms with van der Waals surface area (Å²) in [5.74, 6) is 0.325. The maximum atomic E-state index is 12.2. The molecule has 1 aromatic rings. The van der Waals surface area contributed by atoms with Crippen LogP contribution in [0.5, 0.6) is 0 Å². The van der Waals surface area contributed by atoms with E-state index in [9.17, 15) is 9.59 Å². The Morgan fingerprint density at radius 3 is 2.43 bits per heavy atom. The van der Waals surface area contributed by atoms with Crippen molar-refractivity contribution in [1.82, 2.24) is 16.0 Å². The number of urea groups is 1. The maximum Gasteiger partial charge on any atom is 0.323 e. The van der Waals surface area contributed by atoms with Crippen molar-refractivity contribution in [3.63, 3.8) is 0 Å². The van der Waals surface area contributed by atoms with Gasteiger partial charge in [-0.05, 0) is 43.2 Å². The molecule has 0 saturated heterocycles. The van der Waals surface area contributed by atoms with Gasteiger partial charge in [-0.3, -0.25) is 4.79 Å². The predicted octanol–water partition coefficient (Wildman–Crippen LogP) is 2.54. The number of amides is 3. The summed E-state index contributed by atoms with van der Waals surface area (Å²) < 4.78 is 0. The molecular weight excluding hydrogens is 290 g/mol. The van der Waals surface area contributed by atoms with Gasteiger partial charge in [0.05, 0.1) is 0 Å². The molecule has 3 amide bonds. The Hall–Kier alpha value is -2.56. The van der Waals surface area contributed by atoms with Gasteiger partial charge in [0, 0.05) is 11.7 Å². The highest BCUT2D eigenvalue weighted by Crippen LogP contribution is 2.32. The molecule has 1 aliphatic carbocycles. The van der Waals surface area contributed by atoms with Crippen LogP contribution in [-0.2, 0) is 4.79 Å². The predicted molar refractivity (Wildman–Crippen MR) is 88.5 cm³/mol. The van der Waals surface area contributed by atoms with Crippen LogP contribution >= 0.6 is 0 Å². The second-order valence-electron chi connectivity index (χ2n) is 6.10. The molecule has 1 fully saturated rings. The number of rotatable bonds is 3. The number of benzene rings is 1. The number of hydrogen-bond acceptors (Lipinski definition) is 2. The molecule has 0 spiro atoms. The Morgan fingerprint density at radius 2 is 1.78 bits per heavy atom. The first-order valence-electron chi connectivity index (χ1n) is 7.96. The molecule has 1 aromatic carbocycles. The third kappa shape index (κ3) is 3.80. The van der Waals surface area contributed by atoms with Crippen LogP contribution in [0.2, 0.25) is 0 Å². The molecule has 1 heterocycles. The molecule has 1 saturated carbocycles. The first-order chi connectivity index (χ1) is 11.1. The molecule has 120 valence electrons. The van der Waals surface area contributed by atoms with E-state index in [4.69, 9.17) is 0 Å². The monoisotopic (exact) mass is 311 g/mol. The summed E-state index contributed by atoms with van der Waals surface area (Å²) in [5.41, 5.74) is 2.05. The number of carbonyl (C=O) groups excluding carboxylic acids is 2. The zero-order valence-electron chi connectivity index (χ0n) is 13.0. The molecule has 5 nitrogen and oxygen atoms in total. The molecule has 0 unspecified atom stereocenters. The first kappa shape index (κ1) is 15.3. The summed E-state index contributed by atoms with van der Waals surface area (Å²) in [6.07, 6.45) is 5.58. The lowest BCUT2D eigenvalue weighted by molar-refractivity contribution is -0.118. The van der Waals surface area contributed by atoms with Crippen LogP contribution in [0.3, 0.4) is 0 Å². The zero-order chi connectivity index (χ0) is 16.2. The van der Waals surface area contributed by atoms with Gasteiger partial charge in [0.1, 0.15) is 5.70 Å². The van der Waals surface area contributed by atoms with Crippen molar-refractivity contribution in [2.75, 3.05) is 0 Å². The molecule has 0 aromatic heterocycles. The molecule has 3 rings (SSSR count). The van der Waals surface area contributed by atoms with Crippen LogP contribution in [-0.4, -0.2) is 18.0 Å². The Balaban J connectivity index is 1.54. The molecule has 1 aliphatic heterocycles. The molecule has 2 aliphatic rings. The summed E-state index contributed by atoms with van der Waals surface area (Å²) in [6, 6.07) is 10.3. The molecule has 0 radical (unpaired) electrons. The van der Waals surface area contributed by atoms with Gasteiger partial charge in [0.25, 0.3) is 5.91 Å². The summed E-state index contributed by atoms with van der Waals surface area (Å²) in [5, 5.41) is 8.01. The summed E-state index contributed by atoms with van der Waals surface area (Å²) in [7, 11) is 0. The van der Waals surface area contributed by atoms with Gasteiger partial charge in [-0.1, -0.05) is 36.9 Å². The smallest absolute Gasteiger partial charge is 0.323 e. The molecule has 5 heteroatoms. The van der Waals surface area contributed by atoms with Crippen LogP contribution in [0.1, 0.15) is 37.2 Å². The van der Waals surface area contributed by atoms with Crippen molar-refractivity contribution in [2.24, 2.45) is 0 Å². The van der Waals surface area contributed by atoms with Crippen LogP contribution < -0.4 is 16.0 Å². The summed E-state index contributed by atoms with van der Waals surface area (Å²) >= 11 is 0. The van der Waals surface area contributed by atoms with E-state index in [0.717, 1.165) is 25.7 Å². The standard InChI is InChI=1S/C18H21N3O2/c1-12-11-16(21-18(23)19-12)17(22)20-15-9-7-14(8-10-15)13-5-3-2-4-6-13/h2-6,11,14-15H,1,7-10H2,(H,20,22)(H2,19,21,23). The van der Waals surface area contributed by atoms with Gasteiger partial charge in [0.2, 0.25) is 0 Å². The number of allylic oxidation sites excluding steroid dienone is 1. The Kier molecular flexibility index (Phi) is 4.46. The Bertz CT molecular complexity index is 643. The maximum absolute atomic E-state index is 12.2. The van der Waals surface area contributed by atoms with Crippen molar-refractivity contribution < 1.29 is 9.59 Å². The lowest BCUT2D eigenvalue weighted by Gasteiger charge is -2.30. The number of nitrogens with one attached hydrogen (secondary N) is 3. The van der Waals surface area contributed by atoms with E-state index in [0.29, 0.717) is 11.6 Å². The minimum atomic E-state index is -0.421. The van der Waals surface area contributed by atoms with Gasteiger partial charge < -0.3 is 16.0 Å². The quantitative estimate of drug-likeness (QED) is 0.803. The van der Waals surface area contributed by atoms with Gasteiger partial charge in [-0.25, -0.2) is 4.79 Å². The molecule has 0 atom stereocenters. The van der Waals surface area contributed by atoms with E-state index in [2.05, 4.69) is 46.8 Å². The highest BCUT2D eigenvalue weighted by molar-refractivity contribution is 5.99. The fraction of sp³-hybridized carbons (Fsp3) is 0.333. The second kappa shape index (κ2) is 6.69. The van der Waals surface area contributed by atoms with Crippen molar-refractivity contribution >= 4 is 11.9 Å². The highest BCUT2D eigenvalue weighted by atomic mass is 16.2. The largest absolute Gasteiger partial charge is 0.348 e. The topological polar surface area (TPSA) is 70.2 Å². The number of carbonyl (C=O) groups is 2. The van der Waals surface area contributed by atoms with E-state index in [1.54, 1.807) is 6.08 Å². The molecule has 3 N–H and O–H groups in total. The lowest BCUT2D eigenvalue weighted by Crippen LogP contribution is -2.46. The fourth-order valence-electron chi connectivity index (χ4n) is 3.23. The van der Waals surface area contributed by atoms with E-state index in [1.165, 1.54) is 5.56 Å². The SMILES string of the molecule is C=C1C=C(C(=O)NC2CCC(c3ccccc3)CC2)NC(=O)N1. The molecule has 0 bridgehead atoms. The average Bonchev–Trinajstić information content (AvgIpc) is 2.55. The van der Waals surface area contributed by atoms with Crippen molar-refractivity contribution in [3.8, 4) is 0 Å². The Morgan fingerprint density at radius 1 is 1.09 bits per heavy atom. The second-order valence-corrected chi connectivity index (χ2v) is 6.10. The Labute approximate surface area is 135 Å². The van der Waals surface area contributed by atoms with Crippen LogP contribution in [0.25, 0.3) is 0 Å². The van der Waals surface area contributed by atoms with Crippen molar-refractivity contribution in [2.45, 2.75) is 37.6 Å². The van der Waals surface area contributed by atoms with Gasteiger partial charge in [-0.2, -0.15) is 0 Å². The average molecular weight is 311 g/mol. The van der Waals surface area contributed by atoms with E-state index in [-0.39, 0.29) is 17.6 Å². The van der Waals surface area contributed by atoms with Crippen molar-refractivity contribution in [3.05, 3.63) is 59.9 Å². The normalized spacial score (nSPS) is 24.3. The zero-order valence-corrected chi connectivity index (χ0v) is 13.0. The fourth-order valence-corrected chi connectivity index (χ4v) is 3.23. The molecule has 23 heavy (non-hydrogen) atoms. The third-order valence-corrected chi connectivity index (χ3v) is 4.42. The van der Waals surface area contributed by atoms with Crippen LogP contribution in [0.15, 0.2) is 54.4 Å². The van der Waals surface area contributed by atoms with Gasteiger partial charge in [0.15, 0.2) is 0 Å². The van der Waals surface area contributed by atoms with E-state index in [1.807, 2.05) is 6.07 Å². The number of hydrogen-bond donors (Lipinski definition) is 3. The summed E-state index contributed by atoms with van der Waals surface area (Å²) in [6.45, 7) is 3.66. The first-order valence-corrected chi connectivity index (χ1v) is 7.96. The summed E-state index contributed by atoms with van der Waals surface area (Å²) in [4.78, 5) is 23.6. The molecular formula is C18H21N3O2. The highest BCUT2D eigenvalue weighted by Gasteiger charge is 2.25. The minimum absolute atomic E-state index is 0.156. The van der Waals surface area contributed by atoms with Gasteiger partial charge >= 0.3 is 6.03 Å². The van der Waals surface area contributed by atoms with E-state index < -0.39 is 6.03 Å². The lowest BCUT2D eigenvalue weighted by atomic mass is 9.82. The van der Waals surface area contributed by atoms with Crippen LogP contribution in [0, 0.1) is 0 Å². The minimum Gasteiger partial charge on any atom is -0.348 e. The van der Waals surface area contributed by atoms with E-state index >= 15 is 0 Å². The van der Waals surface area contributed by atoms with Crippen molar-refractivity contribution in [1.29, 1.82) is 0 Å². The van der Waals surface area contributed by atoms with Gasteiger partial charge in [-0.15, -0.1) is 0 Å².